The van der Waals surface area contributed by atoms with E-state index in [2.05, 4.69) is 10.3 Å². The number of nitrogens with one attached hydrogen (secondary N) is 2. The van der Waals surface area contributed by atoms with E-state index in [0.717, 1.165) is 27.6 Å². The number of amides is 1. The van der Waals surface area contributed by atoms with Gasteiger partial charge in [-0.3, -0.25) is 14.4 Å². The molecule has 7 nitrogen and oxygen atoms in total. The Labute approximate surface area is 228 Å². The van der Waals surface area contributed by atoms with Crippen molar-refractivity contribution in [1.29, 1.82) is 0 Å². The Balaban J connectivity index is 1.48. The lowest BCUT2D eigenvalue weighted by Crippen LogP contribution is -2.56. The highest BCUT2D eigenvalue weighted by Gasteiger charge is 2.67. The summed E-state index contributed by atoms with van der Waals surface area (Å²) in [6.07, 6.45) is 5.79. The van der Waals surface area contributed by atoms with Gasteiger partial charge in [-0.2, -0.15) is 0 Å². The van der Waals surface area contributed by atoms with Gasteiger partial charge in [0.15, 0.2) is 11.5 Å². The van der Waals surface area contributed by atoms with Crippen molar-refractivity contribution in [3.63, 3.8) is 0 Å². The zero-order valence-electron chi connectivity index (χ0n) is 22.8. The number of carbonyl (C=O) groups excluding carboxylic acids is 3. The number of allylic oxidation sites excluding steroid dienone is 3. The maximum atomic E-state index is 14.6. The SMILES string of the molecule is CC1=C(O)C(=O)[C@H]2CC(=O)[C@@]34C(=O)N[C@@H](Cc5c[nH]c6ccccc56)[C@@H]3C(C)=C(C)[C@@H](O)[C@@H]4/C=C/C[C@H](C)[C@H]12. The van der Waals surface area contributed by atoms with Gasteiger partial charge in [0.05, 0.1) is 6.10 Å². The Kier molecular flexibility index (Phi) is 5.99. The Hall–Kier alpha value is -3.45. The molecule has 39 heavy (non-hydrogen) atoms. The highest BCUT2D eigenvalue weighted by molar-refractivity contribution is 6.11. The molecular weight excluding hydrogens is 492 g/mol. The van der Waals surface area contributed by atoms with Crippen molar-refractivity contribution in [2.75, 3.05) is 0 Å². The minimum Gasteiger partial charge on any atom is -0.504 e. The number of aromatic nitrogens is 1. The van der Waals surface area contributed by atoms with Crippen molar-refractivity contribution in [3.8, 4) is 0 Å². The summed E-state index contributed by atoms with van der Waals surface area (Å²) in [4.78, 5) is 45.2. The molecule has 8 atom stereocenters. The standard InChI is InChI=1S/C32H36N2O5/c1-15-8-7-10-22-28(36)17(3)16(2)27-24(12-19-14-33-23-11-6-5-9-20(19)23)34-31(39)32(22,27)25(35)13-21-26(15)18(4)29(37)30(21)38/h5-7,9-11,14-15,21-22,24,26-28,33,36-37H,8,12-13H2,1-4H3,(H,34,39)/b10-7+/t15-,21-,22-,24-,26+,27-,28+,32+/m0/s1. The monoisotopic (exact) mass is 528 g/mol. The van der Waals surface area contributed by atoms with Crippen LogP contribution in [0.2, 0.25) is 0 Å². The Morgan fingerprint density at radius 1 is 1.05 bits per heavy atom. The summed E-state index contributed by atoms with van der Waals surface area (Å²) in [5, 5.41) is 26.3. The molecule has 1 aliphatic heterocycles. The van der Waals surface area contributed by atoms with Gasteiger partial charge in [0.2, 0.25) is 11.7 Å². The molecule has 3 aliphatic carbocycles. The number of para-hydroxylation sites is 1. The summed E-state index contributed by atoms with van der Waals surface area (Å²) >= 11 is 0. The largest absolute Gasteiger partial charge is 0.504 e. The first-order valence-electron chi connectivity index (χ1n) is 13.9. The highest BCUT2D eigenvalue weighted by Crippen LogP contribution is 2.56. The summed E-state index contributed by atoms with van der Waals surface area (Å²) in [6, 6.07) is 7.64. The van der Waals surface area contributed by atoms with E-state index >= 15 is 0 Å². The van der Waals surface area contributed by atoms with Crippen LogP contribution in [-0.4, -0.2) is 44.8 Å². The molecule has 2 aromatic rings. The summed E-state index contributed by atoms with van der Waals surface area (Å²) in [7, 11) is 0. The van der Waals surface area contributed by atoms with Crippen LogP contribution in [0.1, 0.15) is 46.1 Å². The average Bonchev–Trinajstić information content (AvgIpc) is 3.52. The molecule has 1 fully saturated rings. The molecule has 1 aromatic heterocycles. The zero-order valence-corrected chi connectivity index (χ0v) is 22.8. The molecule has 0 radical (unpaired) electrons. The predicted octanol–water partition coefficient (Wildman–Crippen LogP) is 4.34. The van der Waals surface area contributed by atoms with Gasteiger partial charge in [0.25, 0.3) is 0 Å². The Morgan fingerprint density at radius 3 is 2.56 bits per heavy atom. The smallest absolute Gasteiger partial charge is 0.235 e. The number of H-pyrrole nitrogens is 1. The predicted molar refractivity (Wildman–Crippen MR) is 148 cm³/mol. The molecule has 0 bridgehead atoms. The fourth-order valence-corrected chi connectivity index (χ4v) is 8.27. The number of hydrogen-bond donors (Lipinski definition) is 4. The van der Waals surface area contributed by atoms with Crippen LogP contribution in [-0.2, 0) is 20.8 Å². The molecule has 1 aromatic carbocycles. The Morgan fingerprint density at radius 2 is 1.79 bits per heavy atom. The molecule has 1 spiro atoms. The maximum absolute atomic E-state index is 14.6. The number of aliphatic hydroxyl groups excluding tert-OH is 2. The molecule has 1 saturated heterocycles. The van der Waals surface area contributed by atoms with Crippen molar-refractivity contribution in [1.82, 2.24) is 10.3 Å². The summed E-state index contributed by atoms with van der Waals surface area (Å²) < 4.78 is 0. The van der Waals surface area contributed by atoms with E-state index in [1.165, 1.54) is 0 Å². The van der Waals surface area contributed by atoms with E-state index < -0.39 is 35.1 Å². The maximum Gasteiger partial charge on any atom is 0.235 e. The highest BCUT2D eigenvalue weighted by atomic mass is 16.3. The second-order valence-corrected chi connectivity index (χ2v) is 12.1. The number of Topliss-reactive ketones (excluding diaryl/α,β-unsaturated/α-hetero) is 2. The number of benzene rings is 1. The topological polar surface area (TPSA) is 119 Å². The van der Waals surface area contributed by atoms with Crippen LogP contribution >= 0.6 is 0 Å². The van der Waals surface area contributed by atoms with E-state index in [4.69, 9.17) is 0 Å². The summed E-state index contributed by atoms with van der Waals surface area (Å²) in [6.45, 7) is 7.59. The number of aromatic amines is 1. The lowest BCUT2D eigenvalue weighted by Gasteiger charge is -2.47. The molecule has 1 amide bonds. The number of fused-ring (bicyclic) bond motifs is 2. The molecule has 4 N–H and O–H groups in total. The van der Waals surface area contributed by atoms with Gasteiger partial charge in [-0.05, 0) is 68.2 Å². The number of carbonyl (C=O) groups is 3. The zero-order chi connectivity index (χ0) is 27.8. The molecule has 4 aliphatic rings. The lowest BCUT2D eigenvalue weighted by atomic mass is 9.53. The molecule has 0 saturated carbocycles. The Bertz CT molecular complexity index is 1490. The van der Waals surface area contributed by atoms with Crippen molar-refractivity contribution in [2.24, 2.45) is 35.0 Å². The normalized spacial score (nSPS) is 37.6. The van der Waals surface area contributed by atoms with Crippen LogP contribution in [0.25, 0.3) is 10.9 Å². The quantitative estimate of drug-likeness (QED) is 0.342. The third-order valence-corrected chi connectivity index (χ3v) is 10.3. The number of aliphatic hydroxyl groups is 2. The average molecular weight is 529 g/mol. The second kappa shape index (κ2) is 9.05. The molecular formula is C32H36N2O5. The molecule has 0 unspecified atom stereocenters. The second-order valence-electron chi connectivity index (χ2n) is 12.1. The van der Waals surface area contributed by atoms with Gasteiger partial charge < -0.3 is 20.5 Å². The first-order chi connectivity index (χ1) is 18.6. The van der Waals surface area contributed by atoms with Gasteiger partial charge in [0.1, 0.15) is 5.41 Å². The van der Waals surface area contributed by atoms with Gasteiger partial charge >= 0.3 is 0 Å². The van der Waals surface area contributed by atoms with Crippen molar-refractivity contribution in [3.05, 3.63) is 70.7 Å². The fraction of sp³-hybridized carbons (Fsp3) is 0.469. The van der Waals surface area contributed by atoms with Crippen molar-refractivity contribution < 1.29 is 24.6 Å². The van der Waals surface area contributed by atoms with Crippen molar-refractivity contribution in [2.45, 2.75) is 59.1 Å². The lowest BCUT2D eigenvalue weighted by molar-refractivity contribution is -0.149. The van der Waals surface area contributed by atoms with E-state index in [1.807, 2.05) is 63.4 Å². The van der Waals surface area contributed by atoms with Crippen LogP contribution in [0, 0.1) is 35.0 Å². The minimum atomic E-state index is -1.53. The van der Waals surface area contributed by atoms with Crippen LogP contribution in [0.15, 0.2) is 65.1 Å². The number of ketones is 2. The third kappa shape index (κ3) is 3.48. The first kappa shape index (κ1) is 25.8. The summed E-state index contributed by atoms with van der Waals surface area (Å²) in [5.41, 5.74) is 2.77. The van der Waals surface area contributed by atoms with Crippen molar-refractivity contribution >= 4 is 28.4 Å². The van der Waals surface area contributed by atoms with Crippen LogP contribution in [0.3, 0.4) is 0 Å². The van der Waals surface area contributed by atoms with Gasteiger partial charge in [-0.25, -0.2) is 0 Å². The van der Waals surface area contributed by atoms with Gasteiger partial charge in [-0.1, -0.05) is 42.8 Å². The minimum absolute atomic E-state index is 0.0173. The molecule has 7 heteroatoms. The van der Waals surface area contributed by atoms with Gasteiger partial charge in [0, 0.05) is 47.3 Å². The van der Waals surface area contributed by atoms with E-state index in [0.29, 0.717) is 18.4 Å². The van der Waals surface area contributed by atoms with Gasteiger partial charge in [-0.15, -0.1) is 0 Å². The third-order valence-electron chi connectivity index (χ3n) is 10.3. The summed E-state index contributed by atoms with van der Waals surface area (Å²) in [5.74, 6) is -3.55. The molecule has 6 rings (SSSR count). The van der Waals surface area contributed by atoms with E-state index in [1.54, 1.807) is 6.92 Å². The number of rotatable bonds is 2. The first-order valence-corrected chi connectivity index (χ1v) is 13.9. The number of hydrogen-bond acceptors (Lipinski definition) is 5. The fourth-order valence-electron chi connectivity index (χ4n) is 8.27. The molecule has 2 heterocycles. The van der Waals surface area contributed by atoms with Crippen LogP contribution in [0.4, 0.5) is 0 Å². The van der Waals surface area contributed by atoms with E-state index in [9.17, 15) is 24.6 Å². The van der Waals surface area contributed by atoms with Crippen LogP contribution in [0.5, 0.6) is 0 Å². The van der Waals surface area contributed by atoms with Crippen LogP contribution < -0.4 is 5.32 Å². The molecule has 204 valence electrons. The van der Waals surface area contributed by atoms with E-state index in [-0.39, 0.29) is 41.7 Å².